The Morgan fingerprint density at radius 1 is 0.633 bits per heavy atom. The van der Waals surface area contributed by atoms with E-state index in [0.717, 1.165) is 23.5 Å². The van der Waals surface area contributed by atoms with Gasteiger partial charge >= 0.3 is 0 Å². The molecule has 0 amide bonds. The van der Waals surface area contributed by atoms with E-state index in [-0.39, 0.29) is 0 Å². The van der Waals surface area contributed by atoms with Crippen LogP contribution in [0.4, 0.5) is 11.4 Å². The quantitative estimate of drug-likeness (QED) is 0.263. The van der Waals surface area contributed by atoms with Gasteiger partial charge in [-0.1, -0.05) is 102 Å². The number of rotatable bonds is 17. The number of methoxy groups -OCH3 is 1. The molecule has 2 nitrogen and oxygen atoms in total. The van der Waals surface area contributed by atoms with Gasteiger partial charge in [0, 0.05) is 11.4 Å². The van der Waals surface area contributed by atoms with E-state index in [1.807, 2.05) is 6.07 Å². The van der Waals surface area contributed by atoms with Crippen LogP contribution in [0.5, 0.6) is 5.75 Å². The topological polar surface area (TPSA) is 21.3 Å². The predicted octanol–water partition coefficient (Wildman–Crippen LogP) is 9.07. The zero-order chi connectivity index (χ0) is 21.3. The Kier molecular flexibility index (Phi) is 12.8. The van der Waals surface area contributed by atoms with Crippen LogP contribution in [0.15, 0.2) is 48.5 Å². The minimum Gasteiger partial charge on any atom is -0.496 e. The fourth-order valence-corrected chi connectivity index (χ4v) is 4.07. The lowest BCUT2D eigenvalue weighted by molar-refractivity contribution is 0.408. The first kappa shape index (κ1) is 24.3. The molecule has 0 spiro atoms. The predicted molar refractivity (Wildman–Crippen MR) is 132 cm³/mol. The molecule has 0 aliphatic heterocycles. The number of aryl methyl sites for hydroxylation is 1. The zero-order valence-corrected chi connectivity index (χ0v) is 19.4. The van der Waals surface area contributed by atoms with Crippen molar-refractivity contribution < 1.29 is 4.74 Å². The van der Waals surface area contributed by atoms with Gasteiger partial charge in [-0.3, -0.25) is 0 Å². The second-order valence-electron chi connectivity index (χ2n) is 8.51. The molecule has 0 bridgehead atoms. The van der Waals surface area contributed by atoms with E-state index in [9.17, 15) is 0 Å². The largest absolute Gasteiger partial charge is 0.496 e. The number of ether oxygens (including phenoxy) is 1. The molecule has 2 aromatic rings. The standard InChI is InChI=1S/C28H43NO/c1-3-4-5-6-7-8-9-10-11-12-13-14-16-19-25-24-27(22-23-28(25)30-2)29-26-20-17-15-18-21-26/h15,17-18,20-24,29H,3-14,16,19H2,1-2H3. The Balaban J connectivity index is 1.58. The third-order valence-corrected chi connectivity index (χ3v) is 5.89. The normalized spacial score (nSPS) is 10.9. The molecule has 2 aromatic carbocycles. The van der Waals surface area contributed by atoms with Gasteiger partial charge in [0.1, 0.15) is 5.75 Å². The van der Waals surface area contributed by atoms with Crippen LogP contribution >= 0.6 is 0 Å². The lowest BCUT2D eigenvalue weighted by atomic mass is 10.0. The smallest absolute Gasteiger partial charge is 0.122 e. The molecule has 0 aromatic heterocycles. The maximum Gasteiger partial charge on any atom is 0.122 e. The molecule has 0 unspecified atom stereocenters. The Labute approximate surface area is 185 Å². The fraction of sp³-hybridized carbons (Fsp3) is 0.571. The molecule has 0 aliphatic carbocycles. The van der Waals surface area contributed by atoms with E-state index < -0.39 is 0 Å². The Morgan fingerprint density at radius 3 is 1.77 bits per heavy atom. The first-order valence-electron chi connectivity index (χ1n) is 12.3. The fourth-order valence-electron chi connectivity index (χ4n) is 4.07. The van der Waals surface area contributed by atoms with Gasteiger partial charge in [0.05, 0.1) is 7.11 Å². The summed E-state index contributed by atoms with van der Waals surface area (Å²) in [6, 6.07) is 16.8. The lowest BCUT2D eigenvalue weighted by Crippen LogP contribution is -1.96. The monoisotopic (exact) mass is 409 g/mol. The van der Waals surface area contributed by atoms with Crippen molar-refractivity contribution in [1.29, 1.82) is 0 Å². The van der Waals surface area contributed by atoms with Gasteiger partial charge in [-0.25, -0.2) is 0 Å². The summed E-state index contributed by atoms with van der Waals surface area (Å²) in [4.78, 5) is 0. The number of para-hydroxylation sites is 1. The highest BCUT2D eigenvalue weighted by atomic mass is 16.5. The molecule has 0 aliphatic rings. The van der Waals surface area contributed by atoms with E-state index in [1.165, 1.54) is 89.0 Å². The highest BCUT2D eigenvalue weighted by molar-refractivity contribution is 5.61. The van der Waals surface area contributed by atoms with Gasteiger partial charge in [0.25, 0.3) is 0 Å². The Hall–Kier alpha value is -1.96. The summed E-state index contributed by atoms with van der Waals surface area (Å²) in [6.45, 7) is 2.29. The Morgan fingerprint density at radius 2 is 1.20 bits per heavy atom. The van der Waals surface area contributed by atoms with Gasteiger partial charge in [-0.15, -0.1) is 0 Å². The molecule has 0 saturated heterocycles. The first-order valence-corrected chi connectivity index (χ1v) is 12.3. The van der Waals surface area contributed by atoms with E-state index in [4.69, 9.17) is 4.74 Å². The van der Waals surface area contributed by atoms with Gasteiger partial charge in [-0.05, 0) is 48.7 Å². The molecular weight excluding hydrogens is 366 g/mol. The van der Waals surface area contributed by atoms with E-state index >= 15 is 0 Å². The number of unbranched alkanes of at least 4 members (excludes halogenated alkanes) is 12. The summed E-state index contributed by atoms with van der Waals surface area (Å²) < 4.78 is 5.59. The highest BCUT2D eigenvalue weighted by Gasteiger charge is 2.05. The van der Waals surface area contributed by atoms with Crippen molar-refractivity contribution in [3.63, 3.8) is 0 Å². The second kappa shape index (κ2) is 15.8. The summed E-state index contributed by atoms with van der Waals surface area (Å²) >= 11 is 0. The van der Waals surface area contributed by atoms with E-state index in [2.05, 4.69) is 54.7 Å². The summed E-state index contributed by atoms with van der Waals surface area (Å²) in [6.07, 6.45) is 19.2. The minimum absolute atomic E-state index is 1.01. The molecule has 0 atom stereocenters. The SMILES string of the molecule is CCCCCCCCCCCCCCCc1cc(Nc2ccccc2)ccc1OC. The molecule has 30 heavy (non-hydrogen) atoms. The van der Waals surface area contributed by atoms with E-state index in [1.54, 1.807) is 7.11 Å². The molecule has 166 valence electrons. The third-order valence-electron chi connectivity index (χ3n) is 5.89. The molecule has 2 rings (SSSR count). The molecule has 0 radical (unpaired) electrons. The van der Waals surface area contributed by atoms with Gasteiger partial charge in [0.2, 0.25) is 0 Å². The van der Waals surface area contributed by atoms with Crippen LogP contribution in [0.1, 0.15) is 96.0 Å². The average molecular weight is 410 g/mol. The van der Waals surface area contributed by atoms with Crippen molar-refractivity contribution in [3.8, 4) is 5.75 Å². The molecule has 0 saturated carbocycles. The molecular formula is C28H43NO. The van der Waals surface area contributed by atoms with Crippen molar-refractivity contribution in [1.82, 2.24) is 0 Å². The van der Waals surface area contributed by atoms with Gasteiger partial charge in [0.15, 0.2) is 0 Å². The van der Waals surface area contributed by atoms with Gasteiger partial charge in [-0.2, -0.15) is 0 Å². The van der Waals surface area contributed by atoms with Crippen LogP contribution in [-0.4, -0.2) is 7.11 Å². The van der Waals surface area contributed by atoms with Crippen molar-refractivity contribution in [2.45, 2.75) is 96.8 Å². The molecule has 1 N–H and O–H groups in total. The van der Waals surface area contributed by atoms with Crippen LogP contribution in [-0.2, 0) is 6.42 Å². The number of anilines is 2. The second-order valence-corrected chi connectivity index (χ2v) is 8.51. The summed E-state index contributed by atoms with van der Waals surface area (Å²) in [7, 11) is 1.77. The molecule has 0 fully saturated rings. The summed E-state index contributed by atoms with van der Waals surface area (Å²) in [5.74, 6) is 1.01. The van der Waals surface area contributed by atoms with E-state index in [0.29, 0.717) is 0 Å². The van der Waals surface area contributed by atoms with Crippen molar-refractivity contribution in [2.75, 3.05) is 12.4 Å². The summed E-state index contributed by atoms with van der Waals surface area (Å²) in [5.41, 5.74) is 3.56. The van der Waals surface area contributed by atoms with Crippen LogP contribution in [0.2, 0.25) is 0 Å². The zero-order valence-electron chi connectivity index (χ0n) is 19.4. The number of hydrogen-bond acceptors (Lipinski definition) is 2. The van der Waals surface area contributed by atoms with Crippen LogP contribution < -0.4 is 10.1 Å². The number of benzene rings is 2. The van der Waals surface area contributed by atoms with Crippen LogP contribution in [0, 0.1) is 0 Å². The van der Waals surface area contributed by atoms with Crippen LogP contribution in [0.25, 0.3) is 0 Å². The molecule has 0 heterocycles. The number of hydrogen-bond donors (Lipinski definition) is 1. The number of nitrogens with one attached hydrogen (secondary N) is 1. The van der Waals surface area contributed by atoms with Crippen molar-refractivity contribution in [3.05, 3.63) is 54.1 Å². The van der Waals surface area contributed by atoms with Gasteiger partial charge < -0.3 is 10.1 Å². The molecule has 2 heteroatoms. The lowest BCUT2D eigenvalue weighted by Gasteiger charge is -2.12. The maximum atomic E-state index is 5.59. The average Bonchev–Trinajstić information content (AvgIpc) is 2.78. The maximum absolute atomic E-state index is 5.59. The highest BCUT2D eigenvalue weighted by Crippen LogP contribution is 2.26. The van der Waals surface area contributed by atoms with Crippen molar-refractivity contribution >= 4 is 11.4 Å². The first-order chi connectivity index (χ1) is 14.8. The van der Waals surface area contributed by atoms with Crippen LogP contribution in [0.3, 0.4) is 0 Å². The van der Waals surface area contributed by atoms with Crippen molar-refractivity contribution in [2.24, 2.45) is 0 Å². The Bertz CT molecular complexity index is 668. The third kappa shape index (κ3) is 10.2. The minimum atomic E-state index is 1.01. The summed E-state index contributed by atoms with van der Waals surface area (Å²) in [5, 5.41) is 3.49.